The summed E-state index contributed by atoms with van der Waals surface area (Å²) in [6.07, 6.45) is 2.53. The van der Waals surface area contributed by atoms with Crippen molar-refractivity contribution in [2.45, 2.75) is 12.8 Å². The molecule has 1 N–H and O–H groups in total. The number of anilines is 1. The Bertz CT molecular complexity index is 506. The average molecular weight is 261 g/mol. The Morgan fingerprint density at radius 1 is 1.53 bits per heavy atom. The zero-order chi connectivity index (χ0) is 13.7. The molecule has 1 saturated carbocycles. The first-order valence-corrected chi connectivity index (χ1v) is 6.21. The van der Waals surface area contributed by atoms with Crippen molar-refractivity contribution >= 4 is 11.4 Å². The summed E-state index contributed by atoms with van der Waals surface area (Å²) < 4.78 is 5.46. The summed E-state index contributed by atoms with van der Waals surface area (Å²) in [6, 6.07) is 6.25. The third-order valence-corrected chi connectivity index (χ3v) is 2.94. The lowest BCUT2D eigenvalue weighted by Gasteiger charge is -2.07. The Labute approximate surface area is 111 Å². The van der Waals surface area contributed by atoms with Gasteiger partial charge >= 0.3 is 0 Å². The Balaban J connectivity index is 1.82. The van der Waals surface area contributed by atoms with Gasteiger partial charge in [0.05, 0.1) is 11.5 Å². The van der Waals surface area contributed by atoms with Gasteiger partial charge in [-0.2, -0.15) is 5.26 Å². The largest absolute Gasteiger partial charge is 0.383 e. The number of benzene rings is 1. The summed E-state index contributed by atoms with van der Waals surface area (Å²) in [5.41, 5.74) is 0.587. The standard InChI is InChI=1S/C13H15N3O3/c14-8-11-7-12(3-4-13(11)16(17)18)15-5-6-19-9-10-1-2-10/h3-4,7,10,15H,1-2,5-6,9H2. The predicted octanol–water partition coefficient (Wildman–Crippen LogP) is 2.30. The molecule has 0 saturated heterocycles. The molecule has 1 aliphatic carbocycles. The second-order valence-corrected chi connectivity index (χ2v) is 4.55. The van der Waals surface area contributed by atoms with Gasteiger partial charge in [-0.1, -0.05) is 0 Å². The van der Waals surface area contributed by atoms with Crippen molar-refractivity contribution in [1.29, 1.82) is 5.26 Å². The molecule has 0 atom stereocenters. The Morgan fingerprint density at radius 3 is 2.95 bits per heavy atom. The highest BCUT2D eigenvalue weighted by Crippen LogP contribution is 2.28. The second-order valence-electron chi connectivity index (χ2n) is 4.55. The van der Waals surface area contributed by atoms with Crippen LogP contribution in [0.2, 0.25) is 0 Å². The zero-order valence-electron chi connectivity index (χ0n) is 10.5. The molecular formula is C13H15N3O3. The van der Waals surface area contributed by atoms with Crippen LogP contribution in [0.3, 0.4) is 0 Å². The molecule has 0 amide bonds. The van der Waals surface area contributed by atoms with Crippen LogP contribution in [0.25, 0.3) is 0 Å². The van der Waals surface area contributed by atoms with Crippen LogP contribution in [0.1, 0.15) is 18.4 Å². The van der Waals surface area contributed by atoms with Gasteiger partial charge in [0.25, 0.3) is 5.69 Å². The van der Waals surface area contributed by atoms with Crippen LogP contribution >= 0.6 is 0 Å². The van der Waals surface area contributed by atoms with E-state index in [-0.39, 0.29) is 11.3 Å². The zero-order valence-corrected chi connectivity index (χ0v) is 10.5. The number of hydrogen-bond acceptors (Lipinski definition) is 5. The molecule has 0 aliphatic heterocycles. The van der Waals surface area contributed by atoms with E-state index < -0.39 is 4.92 Å². The summed E-state index contributed by atoms with van der Waals surface area (Å²) in [5, 5.41) is 22.6. The molecule has 6 nitrogen and oxygen atoms in total. The first-order valence-electron chi connectivity index (χ1n) is 6.21. The quantitative estimate of drug-likeness (QED) is 0.462. The van der Waals surface area contributed by atoms with Crippen LogP contribution in [0.4, 0.5) is 11.4 Å². The van der Waals surface area contributed by atoms with Crippen LogP contribution in [0, 0.1) is 27.4 Å². The Morgan fingerprint density at radius 2 is 2.32 bits per heavy atom. The fourth-order valence-corrected chi connectivity index (χ4v) is 1.70. The van der Waals surface area contributed by atoms with Crippen molar-refractivity contribution in [3.63, 3.8) is 0 Å². The van der Waals surface area contributed by atoms with Crippen molar-refractivity contribution in [2.75, 3.05) is 25.1 Å². The van der Waals surface area contributed by atoms with Crippen molar-refractivity contribution in [1.82, 2.24) is 0 Å². The minimum Gasteiger partial charge on any atom is -0.383 e. The van der Waals surface area contributed by atoms with Crippen LogP contribution in [-0.2, 0) is 4.74 Å². The van der Waals surface area contributed by atoms with E-state index in [4.69, 9.17) is 10.00 Å². The van der Waals surface area contributed by atoms with Crippen LogP contribution in [0.5, 0.6) is 0 Å². The first kappa shape index (κ1) is 13.3. The number of nitriles is 1. The maximum absolute atomic E-state index is 10.7. The van der Waals surface area contributed by atoms with E-state index in [1.165, 1.54) is 25.0 Å². The van der Waals surface area contributed by atoms with Crippen molar-refractivity contribution in [3.05, 3.63) is 33.9 Å². The van der Waals surface area contributed by atoms with E-state index in [9.17, 15) is 10.1 Å². The molecule has 0 unspecified atom stereocenters. The summed E-state index contributed by atoms with van der Waals surface area (Å²) >= 11 is 0. The second kappa shape index (κ2) is 6.16. The first-order chi connectivity index (χ1) is 9.20. The summed E-state index contributed by atoms with van der Waals surface area (Å²) in [5.74, 6) is 0.740. The van der Waals surface area contributed by atoms with E-state index in [2.05, 4.69) is 5.32 Å². The highest BCUT2D eigenvalue weighted by molar-refractivity contribution is 5.58. The number of nitro groups is 1. The smallest absolute Gasteiger partial charge is 0.287 e. The summed E-state index contributed by atoms with van der Waals surface area (Å²) in [4.78, 5) is 10.1. The molecule has 0 spiro atoms. The van der Waals surface area contributed by atoms with Crippen molar-refractivity contribution in [3.8, 4) is 6.07 Å². The van der Waals surface area contributed by atoms with Crippen LogP contribution < -0.4 is 5.32 Å². The van der Waals surface area contributed by atoms with E-state index >= 15 is 0 Å². The molecule has 0 bridgehead atoms. The van der Waals surface area contributed by atoms with E-state index in [1.807, 2.05) is 6.07 Å². The monoisotopic (exact) mass is 261 g/mol. The number of ether oxygens (including phenoxy) is 1. The maximum atomic E-state index is 10.7. The molecule has 0 radical (unpaired) electrons. The van der Waals surface area contributed by atoms with Gasteiger partial charge in [0.1, 0.15) is 11.6 Å². The van der Waals surface area contributed by atoms with Crippen molar-refractivity contribution in [2.24, 2.45) is 5.92 Å². The van der Waals surface area contributed by atoms with Gasteiger partial charge in [0.2, 0.25) is 0 Å². The fourth-order valence-electron chi connectivity index (χ4n) is 1.70. The number of nitrogens with zero attached hydrogens (tertiary/aromatic N) is 2. The molecule has 6 heteroatoms. The highest BCUT2D eigenvalue weighted by Gasteiger charge is 2.20. The highest BCUT2D eigenvalue weighted by atomic mass is 16.6. The molecular weight excluding hydrogens is 246 g/mol. The molecule has 0 heterocycles. The number of hydrogen-bond donors (Lipinski definition) is 1. The molecule has 19 heavy (non-hydrogen) atoms. The Hall–Kier alpha value is -2.13. The number of rotatable bonds is 7. The molecule has 1 aliphatic rings. The minimum atomic E-state index is -0.554. The third kappa shape index (κ3) is 3.93. The summed E-state index contributed by atoms with van der Waals surface area (Å²) in [6.45, 7) is 2.02. The van der Waals surface area contributed by atoms with E-state index in [1.54, 1.807) is 6.07 Å². The summed E-state index contributed by atoms with van der Waals surface area (Å²) in [7, 11) is 0. The lowest BCUT2D eigenvalue weighted by molar-refractivity contribution is -0.385. The molecule has 1 aromatic rings. The lowest BCUT2D eigenvalue weighted by atomic mass is 10.2. The van der Waals surface area contributed by atoms with Crippen molar-refractivity contribution < 1.29 is 9.66 Å². The van der Waals surface area contributed by atoms with Gasteiger partial charge in [-0.15, -0.1) is 0 Å². The molecule has 2 rings (SSSR count). The third-order valence-electron chi connectivity index (χ3n) is 2.94. The predicted molar refractivity (Wildman–Crippen MR) is 69.8 cm³/mol. The number of nitro benzene ring substituents is 1. The molecule has 1 aromatic carbocycles. The van der Waals surface area contributed by atoms with Gasteiger partial charge in [-0.25, -0.2) is 0 Å². The van der Waals surface area contributed by atoms with Gasteiger partial charge in [0, 0.05) is 24.9 Å². The van der Waals surface area contributed by atoms with Gasteiger partial charge in [-0.3, -0.25) is 10.1 Å². The SMILES string of the molecule is N#Cc1cc(NCCOCC2CC2)ccc1[N+](=O)[O-]. The molecule has 1 fully saturated rings. The lowest BCUT2D eigenvalue weighted by Crippen LogP contribution is -2.10. The normalized spacial score (nSPS) is 13.8. The topological polar surface area (TPSA) is 88.2 Å². The number of nitrogens with one attached hydrogen (secondary N) is 1. The minimum absolute atomic E-state index is 0.0638. The Kier molecular flexibility index (Phi) is 4.31. The fraction of sp³-hybridized carbons (Fsp3) is 0.462. The van der Waals surface area contributed by atoms with Crippen LogP contribution in [-0.4, -0.2) is 24.7 Å². The van der Waals surface area contributed by atoms with Gasteiger partial charge in [-0.05, 0) is 30.9 Å². The van der Waals surface area contributed by atoms with E-state index in [0.29, 0.717) is 18.8 Å². The average Bonchev–Trinajstić information content (AvgIpc) is 3.22. The maximum Gasteiger partial charge on any atom is 0.287 e. The van der Waals surface area contributed by atoms with Gasteiger partial charge in [0.15, 0.2) is 0 Å². The molecule has 0 aromatic heterocycles. The molecule has 100 valence electrons. The van der Waals surface area contributed by atoms with E-state index in [0.717, 1.165) is 12.5 Å². The van der Waals surface area contributed by atoms with Gasteiger partial charge < -0.3 is 10.1 Å². The van der Waals surface area contributed by atoms with Crippen LogP contribution in [0.15, 0.2) is 18.2 Å².